The van der Waals surface area contributed by atoms with E-state index in [-0.39, 0.29) is 12.1 Å². The van der Waals surface area contributed by atoms with Crippen molar-refractivity contribution in [2.75, 3.05) is 33.7 Å². The second kappa shape index (κ2) is 5.01. The molecule has 2 aliphatic rings. The van der Waals surface area contributed by atoms with Crippen molar-refractivity contribution in [3.05, 3.63) is 0 Å². The number of likely N-dealkylation sites (N-methyl/N-ethyl adjacent to an activating group) is 1. The van der Waals surface area contributed by atoms with E-state index in [4.69, 9.17) is 0 Å². The van der Waals surface area contributed by atoms with Gasteiger partial charge in [-0.2, -0.15) is 5.26 Å². The minimum Gasteiger partial charge on any atom is -0.323 e. The van der Waals surface area contributed by atoms with Crippen molar-refractivity contribution < 1.29 is 4.79 Å². The minimum absolute atomic E-state index is 0.00419. The minimum atomic E-state index is -0.717. The maximum atomic E-state index is 12.3. The molecule has 0 N–H and O–H groups in total. The van der Waals surface area contributed by atoms with Crippen molar-refractivity contribution in [3.63, 3.8) is 0 Å². The van der Waals surface area contributed by atoms with Gasteiger partial charge in [0, 0.05) is 13.6 Å². The molecular weight excluding hydrogens is 240 g/mol. The van der Waals surface area contributed by atoms with Crippen LogP contribution in [0, 0.1) is 17.2 Å². The Balaban J connectivity index is 2.09. The monoisotopic (exact) mass is 264 g/mol. The molecule has 2 amide bonds. The third-order valence-electron chi connectivity index (χ3n) is 4.66. The normalized spacial score (nSPS) is 26.9. The number of carbonyl (C=O) groups is 1. The Morgan fingerprint density at radius 3 is 2.37 bits per heavy atom. The van der Waals surface area contributed by atoms with Crippen LogP contribution in [0.25, 0.3) is 0 Å². The number of amides is 2. The molecule has 2 aliphatic heterocycles. The first-order valence-electron chi connectivity index (χ1n) is 7.01. The lowest BCUT2D eigenvalue weighted by Gasteiger charge is -2.34. The van der Waals surface area contributed by atoms with Gasteiger partial charge in [-0.25, -0.2) is 4.79 Å². The van der Waals surface area contributed by atoms with Gasteiger partial charge in [-0.1, -0.05) is 0 Å². The topological polar surface area (TPSA) is 50.6 Å². The summed E-state index contributed by atoms with van der Waals surface area (Å²) >= 11 is 0. The molecule has 106 valence electrons. The van der Waals surface area contributed by atoms with Crippen LogP contribution in [0.5, 0.6) is 0 Å². The first-order chi connectivity index (χ1) is 8.86. The molecule has 5 heteroatoms. The van der Waals surface area contributed by atoms with E-state index in [1.165, 1.54) is 0 Å². The molecule has 2 fully saturated rings. The quantitative estimate of drug-likeness (QED) is 0.757. The summed E-state index contributed by atoms with van der Waals surface area (Å²) in [6.45, 7) is 6.52. The number of likely N-dealkylation sites (tertiary alicyclic amines) is 1. The first kappa shape index (κ1) is 14.1. The summed E-state index contributed by atoms with van der Waals surface area (Å²) in [5, 5.41) is 9.22. The second-order valence-electron chi connectivity index (χ2n) is 6.38. The maximum absolute atomic E-state index is 12.3. The lowest BCUT2D eigenvalue weighted by molar-refractivity contribution is 0.150. The summed E-state index contributed by atoms with van der Waals surface area (Å²) in [7, 11) is 4.02. The molecule has 1 unspecified atom stereocenters. The van der Waals surface area contributed by atoms with E-state index in [1.54, 1.807) is 4.90 Å². The molecule has 2 heterocycles. The third kappa shape index (κ3) is 2.55. The lowest BCUT2D eigenvalue weighted by Crippen LogP contribution is -2.44. The largest absolute Gasteiger partial charge is 0.323 e. The first-order valence-corrected chi connectivity index (χ1v) is 7.01. The Morgan fingerprint density at radius 2 is 1.84 bits per heavy atom. The van der Waals surface area contributed by atoms with Gasteiger partial charge in [0.15, 0.2) is 0 Å². The van der Waals surface area contributed by atoms with Gasteiger partial charge in [-0.15, -0.1) is 0 Å². The summed E-state index contributed by atoms with van der Waals surface area (Å²) in [5.74, 6) is 0.560. The number of rotatable bonds is 2. The van der Waals surface area contributed by atoms with Crippen molar-refractivity contribution >= 4 is 6.03 Å². The maximum Gasteiger partial charge on any atom is 0.321 e. The Kier molecular flexibility index (Phi) is 3.73. The van der Waals surface area contributed by atoms with Crippen molar-refractivity contribution in [3.8, 4) is 6.07 Å². The number of urea groups is 1. The van der Waals surface area contributed by atoms with Crippen LogP contribution in [0.1, 0.15) is 26.7 Å². The predicted octanol–water partition coefficient (Wildman–Crippen LogP) is 1.37. The highest BCUT2D eigenvalue weighted by Gasteiger charge is 2.45. The zero-order valence-corrected chi connectivity index (χ0v) is 12.4. The van der Waals surface area contributed by atoms with Crippen molar-refractivity contribution in [2.45, 2.75) is 38.3 Å². The third-order valence-corrected chi connectivity index (χ3v) is 4.66. The zero-order valence-electron chi connectivity index (χ0n) is 12.4. The van der Waals surface area contributed by atoms with Crippen LogP contribution in [0.15, 0.2) is 0 Å². The van der Waals surface area contributed by atoms with Crippen LogP contribution >= 0.6 is 0 Å². The molecule has 0 bridgehead atoms. The van der Waals surface area contributed by atoms with Gasteiger partial charge in [0.1, 0.15) is 5.54 Å². The fourth-order valence-corrected chi connectivity index (χ4v) is 3.13. The summed E-state index contributed by atoms with van der Waals surface area (Å²) in [6.07, 6.45) is 2.28. The van der Waals surface area contributed by atoms with Gasteiger partial charge in [0.25, 0.3) is 0 Å². The van der Waals surface area contributed by atoms with E-state index < -0.39 is 5.54 Å². The molecule has 0 radical (unpaired) electrons. The van der Waals surface area contributed by atoms with Crippen LogP contribution in [0.2, 0.25) is 0 Å². The average molecular weight is 264 g/mol. The number of nitrogens with zero attached hydrogens (tertiary/aromatic N) is 4. The summed E-state index contributed by atoms with van der Waals surface area (Å²) < 4.78 is 0. The highest BCUT2D eigenvalue weighted by Crippen LogP contribution is 2.31. The van der Waals surface area contributed by atoms with Crippen molar-refractivity contribution in [1.29, 1.82) is 5.26 Å². The van der Waals surface area contributed by atoms with Crippen LogP contribution in [0.4, 0.5) is 4.79 Å². The Labute approximate surface area is 115 Å². The molecule has 0 spiro atoms. The predicted molar refractivity (Wildman–Crippen MR) is 73.6 cm³/mol. The Bertz CT molecular complexity index is 393. The van der Waals surface area contributed by atoms with E-state index in [1.807, 2.05) is 25.8 Å². The highest BCUT2D eigenvalue weighted by atomic mass is 16.2. The van der Waals surface area contributed by atoms with Crippen LogP contribution in [-0.4, -0.2) is 66.0 Å². The van der Waals surface area contributed by atoms with Gasteiger partial charge in [0.2, 0.25) is 0 Å². The average Bonchev–Trinajstić information content (AvgIpc) is 2.68. The number of hydrogen-bond donors (Lipinski definition) is 0. The van der Waals surface area contributed by atoms with Gasteiger partial charge >= 0.3 is 6.03 Å². The second-order valence-corrected chi connectivity index (χ2v) is 6.38. The number of carbonyl (C=O) groups excluding carboxylic acids is 1. The number of hydrogen-bond acceptors (Lipinski definition) is 3. The Morgan fingerprint density at radius 1 is 1.26 bits per heavy atom. The molecule has 1 atom stereocenters. The van der Waals surface area contributed by atoms with Crippen molar-refractivity contribution in [1.82, 2.24) is 14.7 Å². The zero-order chi connectivity index (χ0) is 14.2. The Hall–Kier alpha value is -1.28. The fraction of sp³-hybridized carbons (Fsp3) is 0.857. The number of nitriles is 1. The number of piperidine rings is 1. The van der Waals surface area contributed by atoms with E-state index in [0.29, 0.717) is 12.5 Å². The van der Waals surface area contributed by atoms with E-state index in [2.05, 4.69) is 18.0 Å². The van der Waals surface area contributed by atoms with E-state index >= 15 is 0 Å². The molecule has 2 rings (SSSR count). The van der Waals surface area contributed by atoms with Crippen LogP contribution in [0.3, 0.4) is 0 Å². The molecule has 19 heavy (non-hydrogen) atoms. The highest BCUT2D eigenvalue weighted by molar-refractivity contribution is 5.78. The van der Waals surface area contributed by atoms with Gasteiger partial charge in [-0.3, -0.25) is 0 Å². The molecule has 2 saturated heterocycles. The molecule has 0 saturated carbocycles. The fourth-order valence-electron chi connectivity index (χ4n) is 3.13. The van der Waals surface area contributed by atoms with Gasteiger partial charge in [0.05, 0.1) is 12.1 Å². The molecular formula is C14H24N4O. The standard InChI is InChI=1S/C14H24N4O/c1-14(2,10-15)18-9-12(17(4)13(18)19)11-5-7-16(3)8-6-11/h11-12H,5-9H2,1-4H3. The molecule has 0 aromatic carbocycles. The van der Waals surface area contributed by atoms with Gasteiger partial charge in [-0.05, 0) is 52.7 Å². The molecule has 5 nitrogen and oxygen atoms in total. The van der Waals surface area contributed by atoms with Crippen LogP contribution < -0.4 is 0 Å². The summed E-state index contributed by atoms with van der Waals surface area (Å²) in [6, 6.07) is 2.49. The molecule has 0 aromatic rings. The summed E-state index contributed by atoms with van der Waals surface area (Å²) in [4.78, 5) is 18.2. The van der Waals surface area contributed by atoms with E-state index in [9.17, 15) is 10.1 Å². The summed E-state index contributed by atoms with van der Waals surface area (Å²) in [5.41, 5.74) is -0.717. The van der Waals surface area contributed by atoms with Gasteiger partial charge < -0.3 is 14.7 Å². The van der Waals surface area contributed by atoms with E-state index in [0.717, 1.165) is 25.9 Å². The molecule has 0 aliphatic carbocycles. The van der Waals surface area contributed by atoms with Crippen molar-refractivity contribution in [2.24, 2.45) is 5.92 Å². The van der Waals surface area contributed by atoms with Crippen LogP contribution in [-0.2, 0) is 0 Å². The smallest absolute Gasteiger partial charge is 0.321 e. The molecule has 0 aromatic heterocycles. The SMILES string of the molecule is CN1CCC(C2CN(C(C)(C)C#N)C(=O)N2C)CC1. The lowest BCUT2D eigenvalue weighted by atomic mass is 9.89.